The van der Waals surface area contributed by atoms with Gasteiger partial charge in [0.15, 0.2) is 5.82 Å². The molecule has 0 amide bonds. The van der Waals surface area contributed by atoms with Crippen LogP contribution < -0.4 is 5.56 Å². The van der Waals surface area contributed by atoms with E-state index in [-0.39, 0.29) is 5.56 Å². The Balaban J connectivity index is 1.55. The molecule has 25 heavy (non-hydrogen) atoms. The fraction of sp³-hybridized carbons (Fsp3) is 0.421. The number of hydrogen-bond acceptors (Lipinski definition) is 4. The van der Waals surface area contributed by atoms with Gasteiger partial charge in [0.2, 0.25) is 0 Å². The molecule has 4 rings (SSSR count). The highest BCUT2D eigenvalue weighted by atomic mass is 79.9. The summed E-state index contributed by atoms with van der Waals surface area (Å²) in [6, 6.07) is 8.32. The zero-order valence-corrected chi connectivity index (χ0v) is 15.7. The summed E-state index contributed by atoms with van der Waals surface area (Å²) in [6.07, 6.45) is 3.98. The summed E-state index contributed by atoms with van der Waals surface area (Å²) in [7, 11) is 0. The van der Waals surface area contributed by atoms with Crippen LogP contribution in [0.15, 0.2) is 38.5 Å². The zero-order valence-electron chi connectivity index (χ0n) is 14.1. The van der Waals surface area contributed by atoms with E-state index in [9.17, 15) is 4.79 Å². The van der Waals surface area contributed by atoms with Crippen molar-refractivity contribution in [3.63, 3.8) is 0 Å². The van der Waals surface area contributed by atoms with Gasteiger partial charge >= 0.3 is 0 Å². The van der Waals surface area contributed by atoms with Crippen LogP contribution in [-0.4, -0.2) is 33.7 Å². The largest absolute Gasteiger partial charge is 0.305 e. The number of halogens is 1. The van der Waals surface area contributed by atoms with Crippen molar-refractivity contribution in [2.45, 2.75) is 38.8 Å². The molecule has 0 radical (unpaired) electrons. The summed E-state index contributed by atoms with van der Waals surface area (Å²) in [5, 5.41) is 0. The fourth-order valence-corrected chi connectivity index (χ4v) is 3.98. The molecular formula is C19H21BrN4O. The molecule has 1 N–H and O–H groups in total. The van der Waals surface area contributed by atoms with Gasteiger partial charge in [-0.2, -0.15) is 0 Å². The van der Waals surface area contributed by atoms with E-state index in [0.717, 1.165) is 66.8 Å². The number of H-pyrrole nitrogens is 1. The molecule has 2 aromatic rings. The highest BCUT2D eigenvalue weighted by Crippen LogP contribution is 2.19. The lowest BCUT2D eigenvalue weighted by Crippen LogP contribution is -2.36. The summed E-state index contributed by atoms with van der Waals surface area (Å²) >= 11 is 3.52. The third-order valence-corrected chi connectivity index (χ3v) is 5.33. The lowest BCUT2D eigenvalue weighted by molar-refractivity contribution is 0.241. The summed E-state index contributed by atoms with van der Waals surface area (Å²) < 4.78 is 1.08. The number of aromatic amines is 1. The molecule has 1 aromatic carbocycles. The molecule has 130 valence electrons. The second kappa shape index (κ2) is 7.22. The maximum Gasteiger partial charge on any atom is 0.255 e. The lowest BCUT2D eigenvalue weighted by atomic mass is 10.0. The topological polar surface area (TPSA) is 61.4 Å². The maximum absolute atomic E-state index is 12.6. The Morgan fingerprint density at radius 3 is 2.96 bits per heavy atom. The molecule has 0 fully saturated rings. The van der Waals surface area contributed by atoms with Crippen LogP contribution in [-0.2, 0) is 19.5 Å². The Kier molecular flexibility index (Phi) is 4.81. The van der Waals surface area contributed by atoms with Gasteiger partial charge in [0, 0.05) is 37.1 Å². The summed E-state index contributed by atoms with van der Waals surface area (Å²) in [4.78, 5) is 27.1. The van der Waals surface area contributed by atoms with Crippen molar-refractivity contribution in [3.05, 3.63) is 61.7 Å². The van der Waals surface area contributed by atoms with Gasteiger partial charge in [0.05, 0.1) is 17.0 Å². The van der Waals surface area contributed by atoms with Crippen LogP contribution in [0.3, 0.4) is 0 Å². The van der Waals surface area contributed by atoms with Crippen LogP contribution in [0.25, 0.3) is 0 Å². The van der Waals surface area contributed by atoms with Crippen molar-refractivity contribution in [3.8, 4) is 0 Å². The third-order valence-electron chi connectivity index (χ3n) is 4.84. The Morgan fingerprint density at radius 2 is 2.16 bits per heavy atom. The van der Waals surface area contributed by atoms with E-state index in [1.54, 1.807) is 0 Å². The number of rotatable bonds is 3. The van der Waals surface area contributed by atoms with Crippen molar-refractivity contribution in [2.75, 3.05) is 13.1 Å². The molecule has 0 saturated heterocycles. The molecule has 5 nitrogen and oxygen atoms in total. The van der Waals surface area contributed by atoms with Gasteiger partial charge in [0.1, 0.15) is 0 Å². The minimum absolute atomic E-state index is 0.00721. The van der Waals surface area contributed by atoms with E-state index in [1.807, 2.05) is 12.1 Å². The van der Waals surface area contributed by atoms with Gasteiger partial charge in [-0.15, -0.1) is 0 Å². The number of hydrogen-bond donors (Lipinski definition) is 1. The summed E-state index contributed by atoms with van der Waals surface area (Å²) in [5.41, 5.74) is 3.95. The first-order valence-corrected chi connectivity index (χ1v) is 9.61. The highest BCUT2D eigenvalue weighted by Gasteiger charge is 2.22. The van der Waals surface area contributed by atoms with E-state index in [1.165, 1.54) is 5.56 Å². The second-order valence-electron chi connectivity index (χ2n) is 6.72. The van der Waals surface area contributed by atoms with Crippen molar-refractivity contribution in [1.82, 2.24) is 14.9 Å². The van der Waals surface area contributed by atoms with Crippen molar-refractivity contribution in [1.29, 1.82) is 0 Å². The Bertz CT molecular complexity index is 874. The van der Waals surface area contributed by atoms with Gasteiger partial charge in [-0.25, -0.2) is 4.98 Å². The smallest absolute Gasteiger partial charge is 0.255 e. The first kappa shape index (κ1) is 16.7. The number of fused-ring (bicyclic) bond motifs is 1. The Morgan fingerprint density at radius 1 is 1.24 bits per heavy atom. The van der Waals surface area contributed by atoms with Gasteiger partial charge < -0.3 is 4.98 Å². The number of aromatic nitrogens is 2. The number of aliphatic imine (C=N–C) groups is 1. The quantitative estimate of drug-likeness (QED) is 0.860. The minimum Gasteiger partial charge on any atom is -0.305 e. The number of nitrogens with zero attached hydrogens (tertiary/aromatic N) is 3. The normalized spacial score (nSPS) is 17.9. The van der Waals surface area contributed by atoms with Gasteiger partial charge in [-0.05, 0) is 37.0 Å². The molecule has 0 aliphatic carbocycles. The predicted molar refractivity (Wildman–Crippen MR) is 102 cm³/mol. The van der Waals surface area contributed by atoms with Gasteiger partial charge in [-0.3, -0.25) is 14.7 Å². The average molecular weight is 401 g/mol. The first-order chi connectivity index (χ1) is 12.2. The minimum atomic E-state index is -0.00721. The van der Waals surface area contributed by atoms with E-state index in [4.69, 9.17) is 4.98 Å². The van der Waals surface area contributed by atoms with Crippen LogP contribution in [0.5, 0.6) is 0 Å². The van der Waals surface area contributed by atoms with E-state index in [0.29, 0.717) is 12.4 Å². The van der Waals surface area contributed by atoms with E-state index in [2.05, 4.69) is 42.9 Å². The van der Waals surface area contributed by atoms with E-state index < -0.39 is 0 Å². The molecule has 2 aliphatic rings. The Labute approximate surface area is 155 Å². The van der Waals surface area contributed by atoms with Crippen LogP contribution in [0.4, 0.5) is 0 Å². The lowest BCUT2D eigenvalue weighted by Gasteiger charge is -2.28. The molecular weight excluding hydrogens is 380 g/mol. The third kappa shape index (κ3) is 3.75. The molecule has 0 unspecified atom stereocenters. The molecule has 6 heteroatoms. The highest BCUT2D eigenvalue weighted by molar-refractivity contribution is 9.10. The molecule has 2 aliphatic heterocycles. The summed E-state index contributed by atoms with van der Waals surface area (Å²) in [5.74, 6) is 0.684. The van der Waals surface area contributed by atoms with Crippen molar-refractivity contribution >= 4 is 21.6 Å². The number of benzene rings is 1. The van der Waals surface area contributed by atoms with Crippen LogP contribution in [0, 0.1) is 0 Å². The Hall–Kier alpha value is -1.79. The number of nitrogens with one attached hydrogen (secondary N) is 1. The second-order valence-corrected chi connectivity index (χ2v) is 7.63. The summed E-state index contributed by atoms with van der Waals surface area (Å²) in [6.45, 7) is 3.25. The standard InChI is InChI=1S/C19H21BrN4O/c20-14-5-3-4-13(10-14)11-24-9-7-16-15(12-24)19(25)23-18(22-16)17-6-1-2-8-21-17/h3-5,10H,1-2,6-9,11-12H2,(H,22,23,25). The fourth-order valence-electron chi connectivity index (χ4n) is 3.54. The maximum atomic E-state index is 12.6. The van der Waals surface area contributed by atoms with Gasteiger partial charge in [0.25, 0.3) is 5.56 Å². The van der Waals surface area contributed by atoms with E-state index >= 15 is 0 Å². The van der Waals surface area contributed by atoms with Crippen LogP contribution in [0.2, 0.25) is 0 Å². The SMILES string of the molecule is O=c1[nH]c(C2=NCCCC2)nc2c1CN(Cc1cccc(Br)c1)CC2. The van der Waals surface area contributed by atoms with Crippen molar-refractivity contribution < 1.29 is 0 Å². The van der Waals surface area contributed by atoms with Gasteiger partial charge in [-0.1, -0.05) is 28.1 Å². The predicted octanol–water partition coefficient (Wildman–Crippen LogP) is 3.06. The molecule has 3 heterocycles. The molecule has 0 saturated carbocycles. The first-order valence-electron chi connectivity index (χ1n) is 8.81. The zero-order chi connectivity index (χ0) is 17.2. The molecule has 0 bridgehead atoms. The molecule has 0 atom stereocenters. The molecule has 1 aromatic heterocycles. The van der Waals surface area contributed by atoms with Crippen molar-refractivity contribution in [2.24, 2.45) is 4.99 Å². The van der Waals surface area contributed by atoms with Crippen LogP contribution >= 0.6 is 15.9 Å². The molecule has 0 spiro atoms. The average Bonchev–Trinajstić information content (AvgIpc) is 2.63. The monoisotopic (exact) mass is 400 g/mol. The van der Waals surface area contributed by atoms with Crippen LogP contribution in [0.1, 0.15) is 41.9 Å².